The average molecular weight is 417 g/mol. The van der Waals surface area contributed by atoms with Gasteiger partial charge in [0.2, 0.25) is 10.0 Å². The van der Waals surface area contributed by atoms with E-state index in [0.717, 1.165) is 5.56 Å². The summed E-state index contributed by atoms with van der Waals surface area (Å²) in [6.45, 7) is 1.62. The number of methoxy groups -OCH3 is 1. The van der Waals surface area contributed by atoms with Crippen LogP contribution in [0.15, 0.2) is 26.0 Å². The maximum Gasteiger partial charge on any atom is 0.242 e. The first-order valence-corrected chi connectivity index (χ1v) is 8.46. The lowest BCUT2D eigenvalue weighted by Crippen LogP contribution is -2.40. The van der Waals surface area contributed by atoms with Gasteiger partial charge in [0.1, 0.15) is 0 Å². The molecule has 0 aliphatic rings. The number of sulfonamides is 1. The highest BCUT2D eigenvalue weighted by atomic mass is 79.9. The van der Waals surface area contributed by atoms with Crippen molar-refractivity contribution in [2.45, 2.75) is 17.9 Å². The standard InChI is InChI=1S/C11H15Br2NO4S/c1-7-3-10(13)11(4-9(7)12)19(16,17)14-8(5-15)6-18-2/h3-4,8,14-15H,5-6H2,1-2H3. The van der Waals surface area contributed by atoms with Gasteiger partial charge in [-0.05, 0) is 40.5 Å². The molecule has 0 aliphatic heterocycles. The quantitative estimate of drug-likeness (QED) is 0.741. The fraction of sp³-hybridized carbons (Fsp3) is 0.455. The number of aryl methyl sites for hydroxylation is 1. The number of ether oxygens (including phenoxy) is 1. The maximum atomic E-state index is 12.2. The number of aliphatic hydroxyl groups is 1. The van der Waals surface area contributed by atoms with E-state index in [0.29, 0.717) is 8.95 Å². The molecule has 0 heterocycles. The molecule has 0 saturated carbocycles. The van der Waals surface area contributed by atoms with Gasteiger partial charge in [-0.25, -0.2) is 13.1 Å². The van der Waals surface area contributed by atoms with E-state index in [1.807, 2.05) is 6.92 Å². The molecule has 0 aliphatic carbocycles. The summed E-state index contributed by atoms with van der Waals surface area (Å²) in [4.78, 5) is 0.111. The van der Waals surface area contributed by atoms with Crippen molar-refractivity contribution in [3.05, 3.63) is 26.6 Å². The van der Waals surface area contributed by atoms with E-state index in [4.69, 9.17) is 9.84 Å². The van der Waals surface area contributed by atoms with Crippen LogP contribution in [0.1, 0.15) is 5.56 Å². The van der Waals surface area contributed by atoms with Crippen molar-refractivity contribution in [2.75, 3.05) is 20.3 Å². The third-order valence-corrected chi connectivity index (χ3v) is 5.75. The van der Waals surface area contributed by atoms with E-state index < -0.39 is 16.1 Å². The molecule has 1 aromatic rings. The van der Waals surface area contributed by atoms with Gasteiger partial charge < -0.3 is 9.84 Å². The lowest BCUT2D eigenvalue weighted by molar-refractivity contribution is 0.139. The van der Waals surface area contributed by atoms with E-state index in [2.05, 4.69) is 36.6 Å². The number of rotatable bonds is 6. The summed E-state index contributed by atoms with van der Waals surface area (Å²) in [6, 6.07) is 2.55. The second-order valence-corrected chi connectivity index (χ2v) is 7.38. The van der Waals surface area contributed by atoms with Crippen LogP contribution in [-0.4, -0.2) is 39.9 Å². The van der Waals surface area contributed by atoms with E-state index in [-0.39, 0.29) is 18.1 Å². The van der Waals surface area contributed by atoms with Crippen molar-refractivity contribution in [3.63, 3.8) is 0 Å². The molecule has 2 N–H and O–H groups in total. The van der Waals surface area contributed by atoms with Crippen LogP contribution in [0, 0.1) is 6.92 Å². The van der Waals surface area contributed by atoms with Gasteiger partial charge in [-0.3, -0.25) is 0 Å². The van der Waals surface area contributed by atoms with Crippen LogP contribution >= 0.6 is 31.9 Å². The Morgan fingerprint density at radius 3 is 2.53 bits per heavy atom. The molecule has 1 atom stereocenters. The van der Waals surface area contributed by atoms with Crippen molar-refractivity contribution in [3.8, 4) is 0 Å². The van der Waals surface area contributed by atoms with Crippen molar-refractivity contribution in [1.29, 1.82) is 0 Å². The Kier molecular flexibility index (Phi) is 6.41. The molecule has 0 aromatic heterocycles. The summed E-state index contributed by atoms with van der Waals surface area (Å²) in [6.07, 6.45) is 0. The normalized spacial score (nSPS) is 13.5. The topological polar surface area (TPSA) is 75.6 Å². The molecule has 108 valence electrons. The van der Waals surface area contributed by atoms with Crippen molar-refractivity contribution in [2.24, 2.45) is 0 Å². The molecule has 5 nitrogen and oxygen atoms in total. The number of hydrogen-bond acceptors (Lipinski definition) is 4. The van der Waals surface area contributed by atoms with Gasteiger partial charge in [0.05, 0.1) is 24.2 Å². The molecule has 8 heteroatoms. The number of nitrogens with one attached hydrogen (secondary N) is 1. The monoisotopic (exact) mass is 415 g/mol. The molecule has 1 rings (SSSR count). The second kappa shape index (κ2) is 7.14. The zero-order chi connectivity index (χ0) is 14.6. The minimum Gasteiger partial charge on any atom is -0.395 e. The smallest absolute Gasteiger partial charge is 0.242 e. The Labute approximate surface area is 129 Å². The molecule has 0 spiro atoms. The largest absolute Gasteiger partial charge is 0.395 e. The van der Waals surface area contributed by atoms with E-state index in [1.165, 1.54) is 13.2 Å². The van der Waals surface area contributed by atoms with Gasteiger partial charge in [-0.15, -0.1) is 0 Å². The molecule has 0 saturated heterocycles. The number of halogens is 2. The van der Waals surface area contributed by atoms with Crippen molar-refractivity contribution in [1.82, 2.24) is 4.72 Å². The number of aliphatic hydroxyl groups excluding tert-OH is 1. The van der Waals surface area contributed by atoms with Crippen LogP contribution in [0.4, 0.5) is 0 Å². The third kappa shape index (κ3) is 4.51. The van der Waals surface area contributed by atoms with Crippen LogP contribution in [-0.2, 0) is 14.8 Å². The summed E-state index contributed by atoms with van der Waals surface area (Å²) in [5.74, 6) is 0. The lowest BCUT2D eigenvalue weighted by atomic mass is 10.2. The van der Waals surface area contributed by atoms with Crippen molar-refractivity contribution < 1.29 is 18.3 Å². The number of benzene rings is 1. The molecule has 0 fully saturated rings. The fourth-order valence-electron chi connectivity index (χ4n) is 1.44. The third-order valence-electron chi connectivity index (χ3n) is 2.41. The summed E-state index contributed by atoms with van der Waals surface area (Å²) in [7, 11) is -2.29. The summed E-state index contributed by atoms with van der Waals surface area (Å²) >= 11 is 6.53. The first-order chi connectivity index (χ1) is 8.81. The first-order valence-electron chi connectivity index (χ1n) is 5.39. The summed E-state index contributed by atoms with van der Waals surface area (Å²) < 4.78 is 32.9. The Hall–Kier alpha value is 0.01000. The Balaban J connectivity index is 3.10. The molecule has 1 unspecified atom stereocenters. The Bertz CT molecular complexity index is 548. The van der Waals surface area contributed by atoms with Gasteiger partial charge in [0.25, 0.3) is 0 Å². The highest BCUT2D eigenvalue weighted by Gasteiger charge is 2.22. The zero-order valence-corrected chi connectivity index (χ0v) is 14.5. The van der Waals surface area contributed by atoms with Crippen molar-refractivity contribution >= 4 is 41.9 Å². The molecule has 0 radical (unpaired) electrons. The highest BCUT2D eigenvalue weighted by Crippen LogP contribution is 2.28. The number of hydrogen-bond donors (Lipinski definition) is 2. The van der Waals surface area contributed by atoms with Gasteiger partial charge in [-0.1, -0.05) is 15.9 Å². The van der Waals surface area contributed by atoms with Gasteiger partial charge in [0.15, 0.2) is 0 Å². The predicted molar refractivity (Wildman–Crippen MR) is 79.7 cm³/mol. The lowest BCUT2D eigenvalue weighted by Gasteiger charge is -2.16. The highest BCUT2D eigenvalue weighted by molar-refractivity contribution is 9.11. The van der Waals surface area contributed by atoms with Gasteiger partial charge in [-0.2, -0.15) is 0 Å². The molecule has 0 bridgehead atoms. The maximum absolute atomic E-state index is 12.2. The predicted octanol–water partition coefficient (Wildman–Crippen LogP) is 1.81. The zero-order valence-electron chi connectivity index (χ0n) is 10.5. The summed E-state index contributed by atoms with van der Waals surface area (Å²) in [5, 5.41) is 9.11. The van der Waals surface area contributed by atoms with E-state index in [1.54, 1.807) is 6.07 Å². The molecule has 19 heavy (non-hydrogen) atoms. The van der Waals surface area contributed by atoms with E-state index >= 15 is 0 Å². The Morgan fingerprint density at radius 1 is 1.37 bits per heavy atom. The van der Waals surface area contributed by atoms with Crippen LogP contribution in [0.5, 0.6) is 0 Å². The SMILES string of the molecule is COCC(CO)NS(=O)(=O)c1cc(Br)c(C)cc1Br. The van der Waals surface area contributed by atoms with Gasteiger partial charge >= 0.3 is 0 Å². The van der Waals surface area contributed by atoms with E-state index in [9.17, 15) is 8.42 Å². The summed E-state index contributed by atoms with van der Waals surface area (Å²) in [5.41, 5.74) is 0.918. The van der Waals surface area contributed by atoms with Crippen LogP contribution in [0.25, 0.3) is 0 Å². The first kappa shape index (κ1) is 17.1. The molecular weight excluding hydrogens is 402 g/mol. The average Bonchev–Trinajstić information content (AvgIpc) is 2.32. The molecule has 0 amide bonds. The van der Waals surface area contributed by atoms with Crippen LogP contribution in [0.2, 0.25) is 0 Å². The van der Waals surface area contributed by atoms with Gasteiger partial charge in [0, 0.05) is 16.1 Å². The van der Waals surface area contributed by atoms with Crippen LogP contribution in [0.3, 0.4) is 0 Å². The fourth-order valence-corrected chi connectivity index (χ4v) is 4.33. The van der Waals surface area contributed by atoms with Crippen LogP contribution < -0.4 is 4.72 Å². The minimum atomic E-state index is -3.73. The second-order valence-electron chi connectivity index (χ2n) is 3.99. The molecular formula is C11H15Br2NO4S. The molecule has 1 aromatic carbocycles. The minimum absolute atomic E-state index is 0.0976. The Morgan fingerprint density at radius 2 is 2.00 bits per heavy atom.